The summed E-state index contributed by atoms with van der Waals surface area (Å²) in [6.07, 6.45) is -0.0137. The van der Waals surface area contributed by atoms with Crippen molar-refractivity contribution in [2.24, 2.45) is 0 Å². The average molecular weight is 513 g/mol. The van der Waals surface area contributed by atoms with E-state index in [0.717, 1.165) is 5.56 Å². The van der Waals surface area contributed by atoms with Gasteiger partial charge in [-0.2, -0.15) is 0 Å². The highest BCUT2D eigenvalue weighted by molar-refractivity contribution is 6.46. The van der Waals surface area contributed by atoms with Crippen LogP contribution in [0.15, 0.2) is 35.9 Å². The first-order valence-corrected chi connectivity index (χ1v) is 12.0. The van der Waals surface area contributed by atoms with Crippen LogP contribution in [-0.4, -0.2) is 81.2 Å². The second kappa shape index (κ2) is 11.6. The van der Waals surface area contributed by atoms with Crippen LogP contribution in [0.2, 0.25) is 0 Å². The number of carbonyl (C=O) groups excluding carboxylic acids is 2. The van der Waals surface area contributed by atoms with Crippen molar-refractivity contribution in [3.05, 3.63) is 52.6 Å². The van der Waals surface area contributed by atoms with Gasteiger partial charge >= 0.3 is 0 Å². The molecule has 3 rings (SSSR count). The minimum atomic E-state index is -0.861. The van der Waals surface area contributed by atoms with Gasteiger partial charge in [-0.15, -0.1) is 0 Å². The van der Waals surface area contributed by atoms with Crippen LogP contribution < -0.4 is 18.9 Å². The lowest BCUT2D eigenvalue weighted by Crippen LogP contribution is -2.35. The van der Waals surface area contributed by atoms with Crippen LogP contribution in [0.3, 0.4) is 0 Å². The number of methoxy groups -OCH3 is 3. The first-order chi connectivity index (χ1) is 17.5. The Balaban J connectivity index is 2.23. The first kappa shape index (κ1) is 27.9. The van der Waals surface area contributed by atoms with Crippen LogP contribution in [-0.2, 0) is 9.59 Å². The Hall–Kier alpha value is -3.72. The van der Waals surface area contributed by atoms with Gasteiger partial charge in [0, 0.05) is 18.7 Å². The summed E-state index contributed by atoms with van der Waals surface area (Å²) in [4.78, 5) is 30.0. The van der Waals surface area contributed by atoms with E-state index in [2.05, 4.69) is 0 Å². The molecule has 1 aliphatic rings. The zero-order valence-electron chi connectivity index (χ0n) is 22.7. The standard InChI is InChI=1S/C28H36N2O7/c1-16(2)37-20-10-9-18(13-17(20)3)25(31)23-24(30(12-11-29(4)5)28(33)26(23)32)19-14-21(34-6)27(36-8)22(15-19)35-7/h9-10,13-16,24,31H,11-12H2,1-8H3/b25-23+. The molecule has 1 atom stereocenters. The molecule has 0 aliphatic carbocycles. The molecule has 9 heteroatoms. The number of rotatable bonds is 10. The monoisotopic (exact) mass is 512 g/mol. The number of likely N-dealkylation sites (tertiary alicyclic amines) is 1. The average Bonchev–Trinajstić information content (AvgIpc) is 3.11. The molecule has 1 saturated heterocycles. The van der Waals surface area contributed by atoms with Crippen LogP contribution in [0.5, 0.6) is 23.0 Å². The highest BCUT2D eigenvalue weighted by atomic mass is 16.5. The molecule has 1 aliphatic heterocycles. The molecule has 1 fully saturated rings. The fourth-order valence-corrected chi connectivity index (χ4v) is 4.36. The quantitative estimate of drug-likeness (QED) is 0.292. The topological polar surface area (TPSA) is 97.8 Å². The third kappa shape index (κ3) is 5.67. The summed E-state index contributed by atoms with van der Waals surface area (Å²) in [7, 11) is 8.25. The normalized spacial score (nSPS) is 17.0. The Morgan fingerprint density at radius 1 is 1.00 bits per heavy atom. The number of hydrogen-bond donors (Lipinski definition) is 1. The van der Waals surface area contributed by atoms with E-state index in [1.165, 1.54) is 26.2 Å². The molecule has 37 heavy (non-hydrogen) atoms. The predicted octanol–water partition coefficient (Wildman–Crippen LogP) is 3.79. The number of aliphatic hydroxyl groups is 1. The van der Waals surface area contributed by atoms with Gasteiger partial charge in [-0.1, -0.05) is 0 Å². The van der Waals surface area contributed by atoms with Crippen molar-refractivity contribution in [3.63, 3.8) is 0 Å². The van der Waals surface area contributed by atoms with E-state index >= 15 is 0 Å². The molecule has 1 heterocycles. The van der Waals surface area contributed by atoms with Gasteiger partial charge in [0.05, 0.1) is 39.0 Å². The van der Waals surface area contributed by atoms with Gasteiger partial charge in [0.15, 0.2) is 11.5 Å². The van der Waals surface area contributed by atoms with Crippen LogP contribution in [0, 0.1) is 6.92 Å². The first-order valence-electron chi connectivity index (χ1n) is 12.0. The lowest BCUT2D eigenvalue weighted by Gasteiger charge is -2.27. The molecule has 2 aromatic carbocycles. The summed E-state index contributed by atoms with van der Waals surface area (Å²) < 4.78 is 22.3. The van der Waals surface area contributed by atoms with Gasteiger partial charge in [0.1, 0.15) is 11.5 Å². The molecule has 0 bridgehead atoms. The van der Waals surface area contributed by atoms with Crippen molar-refractivity contribution in [1.82, 2.24) is 9.80 Å². The number of ketones is 1. The zero-order chi connectivity index (χ0) is 27.4. The van der Waals surface area contributed by atoms with Crippen LogP contribution in [0.4, 0.5) is 0 Å². The lowest BCUT2D eigenvalue weighted by atomic mass is 9.94. The number of Topliss-reactive ketones (excluding diaryl/α,β-unsaturated/α-hetero) is 1. The molecule has 0 aromatic heterocycles. The van der Waals surface area contributed by atoms with E-state index < -0.39 is 17.7 Å². The van der Waals surface area contributed by atoms with E-state index in [1.807, 2.05) is 39.8 Å². The molecule has 0 saturated carbocycles. The number of aliphatic hydroxyl groups excluding tert-OH is 1. The Bertz CT molecular complexity index is 1180. The fraction of sp³-hybridized carbons (Fsp3) is 0.429. The molecular formula is C28H36N2O7. The molecule has 1 unspecified atom stereocenters. The Labute approximate surface area is 218 Å². The zero-order valence-corrected chi connectivity index (χ0v) is 22.7. The Morgan fingerprint density at radius 3 is 2.11 bits per heavy atom. The van der Waals surface area contributed by atoms with E-state index in [9.17, 15) is 14.7 Å². The SMILES string of the molecule is COc1cc(C2/C(=C(\O)c3ccc(OC(C)C)c(C)c3)C(=O)C(=O)N2CCN(C)C)cc(OC)c1OC. The summed E-state index contributed by atoms with van der Waals surface area (Å²) in [6.45, 7) is 6.52. The smallest absolute Gasteiger partial charge is 0.295 e. The minimum absolute atomic E-state index is 0.00467. The fourth-order valence-electron chi connectivity index (χ4n) is 4.36. The maximum Gasteiger partial charge on any atom is 0.295 e. The Kier molecular flexibility index (Phi) is 8.70. The van der Waals surface area contributed by atoms with Crippen molar-refractivity contribution < 1.29 is 33.6 Å². The molecule has 0 radical (unpaired) electrons. The molecule has 9 nitrogen and oxygen atoms in total. The second-order valence-corrected chi connectivity index (χ2v) is 9.40. The molecule has 1 N–H and O–H groups in total. The number of carbonyl (C=O) groups is 2. The second-order valence-electron chi connectivity index (χ2n) is 9.40. The van der Waals surface area contributed by atoms with Gasteiger partial charge in [-0.3, -0.25) is 9.59 Å². The van der Waals surface area contributed by atoms with Crippen molar-refractivity contribution in [2.75, 3.05) is 48.5 Å². The third-order valence-corrected chi connectivity index (χ3v) is 6.14. The van der Waals surface area contributed by atoms with Crippen LogP contribution in [0.1, 0.15) is 36.6 Å². The summed E-state index contributed by atoms with van der Waals surface area (Å²) in [5.74, 6) is 0.120. The molecule has 0 spiro atoms. The van der Waals surface area contributed by atoms with Crippen LogP contribution >= 0.6 is 0 Å². The number of amides is 1. The maximum absolute atomic E-state index is 13.4. The van der Waals surface area contributed by atoms with E-state index in [-0.39, 0.29) is 24.0 Å². The summed E-state index contributed by atoms with van der Waals surface area (Å²) >= 11 is 0. The van der Waals surface area contributed by atoms with E-state index in [0.29, 0.717) is 40.7 Å². The summed E-state index contributed by atoms with van der Waals surface area (Å²) in [6, 6.07) is 7.70. The maximum atomic E-state index is 13.4. The number of likely N-dealkylation sites (N-methyl/N-ethyl adjacent to an activating group) is 1. The Morgan fingerprint density at radius 2 is 1.62 bits per heavy atom. The van der Waals surface area contributed by atoms with Gasteiger partial charge in [0.25, 0.3) is 11.7 Å². The van der Waals surface area contributed by atoms with Gasteiger partial charge in [0.2, 0.25) is 5.75 Å². The van der Waals surface area contributed by atoms with Crippen molar-refractivity contribution in [1.29, 1.82) is 0 Å². The van der Waals surface area contributed by atoms with Gasteiger partial charge < -0.3 is 33.9 Å². The summed E-state index contributed by atoms with van der Waals surface area (Å²) in [5, 5.41) is 11.4. The van der Waals surface area contributed by atoms with Crippen LogP contribution in [0.25, 0.3) is 5.76 Å². The molecule has 200 valence electrons. The summed E-state index contributed by atoms with van der Waals surface area (Å²) in [5.41, 5.74) is 1.75. The third-order valence-electron chi connectivity index (χ3n) is 6.14. The van der Waals surface area contributed by atoms with Gasteiger partial charge in [-0.05, 0) is 76.3 Å². The molecule has 1 amide bonds. The van der Waals surface area contributed by atoms with E-state index in [1.54, 1.807) is 30.3 Å². The van der Waals surface area contributed by atoms with Crippen molar-refractivity contribution in [2.45, 2.75) is 32.9 Å². The van der Waals surface area contributed by atoms with Crippen molar-refractivity contribution >= 4 is 17.4 Å². The van der Waals surface area contributed by atoms with Crippen molar-refractivity contribution in [3.8, 4) is 23.0 Å². The predicted molar refractivity (Wildman–Crippen MR) is 141 cm³/mol. The minimum Gasteiger partial charge on any atom is -0.507 e. The number of aryl methyl sites for hydroxylation is 1. The number of ether oxygens (including phenoxy) is 4. The number of nitrogens with zero attached hydrogens (tertiary/aromatic N) is 2. The highest BCUT2D eigenvalue weighted by Crippen LogP contribution is 2.45. The molecular weight excluding hydrogens is 476 g/mol. The van der Waals surface area contributed by atoms with E-state index in [4.69, 9.17) is 18.9 Å². The lowest BCUT2D eigenvalue weighted by molar-refractivity contribution is -0.140. The number of benzene rings is 2. The number of hydrogen-bond acceptors (Lipinski definition) is 8. The molecule has 2 aromatic rings. The largest absolute Gasteiger partial charge is 0.507 e. The van der Waals surface area contributed by atoms with Gasteiger partial charge in [-0.25, -0.2) is 0 Å². The highest BCUT2D eigenvalue weighted by Gasteiger charge is 2.46.